The zero-order chi connectivity index (χ0) is 18.2. The number of methoxy groups -OCH3 is 1. The topological polar surface area (TPSA) is 123 Å². The molecule has 9 nitrogen and oxygen atoms in total. The van der Waals surface area contributed by atoms with E-state index in [2.05, 4.69) is 20.7 Å². The van der Waals surface area contributed by atoms with Crippen molar-refractivity contribution >= 4 is 17.9 Å². The van der Waals surface area contributed by atoms with Crippen LogP contribution >= 0.6 is 0 Å². The predicted molar refractivity (Wildman–Crippen MR) is 85.6 cm³/mol. The molecule has 2 heterocycles. The third kappa shape index (κ3) is 5.41. The number of carbonyl (C=O) groups is 3. The van der Waals surface area contributed by atoms with E-state index in [1.165, 1.54) is 19.4 Å². The number of carbonyl (C=O) groups excluding carboxylic acids is 3. The second-order valence-electron chi connectivity index (χ2n) is 5.07. The monoisotopic (exact) mass is 349 g/mol. The molecule has 0 aliphatic heterocycles. The van der Waals surface area contributed by atoms with Crippen molar-refractivity contribution in [3.05, 3.63) is 47.3 Å². The van der Waals surface area contributed by atoms with Gasteiger partial charge in [-0.2, -0.15) is 0 Å². The molecule has 0 aliphatic rings. The lowest BCUT2D eigenvalue weighted by Gasteiger charge is -2.06. The van der Waals surface area contributed by atoms with E-state index in [0.29, 0.717) is 22.8 Å². The number of nitrogens with one attached hydrogen (secondary N) is 3. The molecule has 0 aromatic carbocycles. The summed E-state index contributed by atoms with van der Waals surface area (Å²) < 4.78 is 15.1. The van der Waals surface area contributed by atoms with Crippen LogP contribution in [0, 0.1) is 6.92 Å². The predicted octanol–water partition coefficient (Wildman–Crippen LogP) is 1.08. The molecular formula is C16H19N3O6. The largest absolute Gasteiger partial charge is 0.467 e. The van der Waals surface area contributed by atoms with Gasteiger partial charge in [-0.25, -0.2) is 9.59 Å². The fourth-order valence-electron chi connectivity index (χ4n) is 2.00. The van der Waals surface area contributed by atoms with Crippen molar-refractivity contribution in [1.29, 1.82) is 0 Å². The van der Waals surface area contributed by atoms with Gasteiger partial charge in [-0.1, -0.05) is 0 Å². The first-order chi connectivity index (χ1) is 12.0. The Morgan fingerprint density at radius 3 is 2.56 bits per heavy atom. The molecule has 0 aliphatic carbocycles. The molecule has 0 fully saturated rings. The highest BCUT2D eigenvalue weighted by Gasteiger charge is 2.15. The second-order valence-corrected chi connectivity index (χ2v) is 5.07. The van der Waals surface area contributed by atoms with Crippen molar-refractivity contribution in [2.45, 2.75) is 20.0 Å². The van der Waals surface area contributed by atoms with Crippen LogP contribution in [0.1, 0.15) is 27.6 Å². The van der Waals surface area contributed by atoms with Crippen molar-refractivity contribution in [3.8, 4) is 0 Å². The van der Waals surface area contributed by atoms with E-state index in [1.54, 1.807) is 19.1 Å². The summed E-state index contributed by atoms with van der Waals surface area (Å²) in [6, 6.07) is 4.45. The second kappa shape index (κ2) is 8.57. The summed E-state index contributed by atoms with van der Waals surface area (Å²) in [5.41, 5.74) is 0.308. The van der Waals surface area contributed by atoms with E-state index in [4.69, 9.17) is 8.83 Å². The first-order valence-corrected chi connectivity index (χ1v) is 7.48. The van der Waals surface area contributed by atoms with Crippen molar-refractivity contribution in [1.82, 2.24) is 16.0 Å². The lowest BCUT2D eigenvalue weighted by Crippen LogP contribution is -2.41. The van der Waals surface area contributed by atoms with E-state index < -0.39 is 17.9 Å². The van der Waals surface area contributed by atoms with E-state index in [0.717, 1.165) is 0 Å². The first-order valence-electron chi connectivity index (χ1n) is 7.48. The average Bonchev–Trinajstić information content (AvgIpc) is 3.25. The minimum absolute atomic E-state index is 0.0896. The Hall–Kier alpha value is -3.23. The lowest BCUT2D eigenvalue weighted by molar-refractivity contribution is -0.120. The Labute approximate surface area is 143 Å². The van der Waals surface area contributed by atoms with Gasteiger partial charge in [0.25, 0.3) is 0 Å². The van der Waals surface area contributed by atoms with Gasteiger partial charge in [0.15, 0.2) is 0 Å². The van der Waals surface area contributed by atoms with Gasteiger partial charge in [0, 0.05) is 0 Å². The number of hydrogen-bond acceptors (Lipinski definition) is 6. The Bertz CT molecular complexity index is 735. The van der Waals surface area contributed by atoms with E-state index >= 15 is 0 Å². The van der Waals surface area contributed by atoms with Crippen molar-refractivity contribution < 1.29 is 28.0 Å². The molecule has 0 bridgehead atoms. The van der Waals surface area contributed by atoms with E-state index in [-0.39, 0.29) is 19.6 Å². The van der Waals surface area contributed by atoms with Gasteiger partial charge in [0.1, 0.15) is 22.8 Å². The number of urea groups is 1. The number of hydrogen-bond donors (Lipinski definition) is 3. The maximum absolute atomic E-state index is 11.7. The van der Waals surface area contributed by atoms with Gasteiger partial charge in [-0.3, -0.25) is 4.79 Å². The number of furan rings is 2. The maximum Gasteiger partial charge on any atom is 0.341 e. The summed E-state index contributed by atoms with van der Waals surface area (Å²) in [5.74, 6) is 0.518. The van der Waals surface area contributed by atoms with Crippen LogP contribution in [0.15, 0.2) is 33.3 Å². The first kappa shape index (κ1) is 18.1. The van der Waals surface area contributed by atoms with Crippen LogP contribution in [0.5, 0.6) is 0 Å². The minimum Gasteiger partial charge on any atom is -0.467 e. The summed E-state index contributed by atoms with van der Waals surface area (Å²) in [6.07, 6.45) is 1.50. The molecule has 2 aromatic rings. The van der Waals surface area contributed by atoms with Crippen molar-refractivity contribution in [3.63, 3.8) is 0 Å². The molecule has 3 N–H and O–H groups in total. The Morgan fingerprint density at radius 1 is 1.12 bits per heavy atom. The SMILES string of the molecule is COC(=O)c1cc(CNC(=O)CNC(=O)NCc2ccco2)oc1C. The number of ether oxygens (including phenoxy) is 1. The normalized spacial score (nSPS) is 10.2. The average molecular weight is 349 g/mol. The Morgan fingerprint density at radius 2 is 1.88 bits per heavy atom. The molecule has 0 atom stereocenters. The van der Waals surface area contributed by atoms with Crippen molar-refractivity contribution in [2.75, 3.05) is 13.7 Å². The molecule has 2 rings (SSSR count). The highest BCUT2D eigenvalue weighted by atomic mass is 16.5. The van der Waals surface area contributed by atoms with Gasteiger partial charge in [0.05, 0.1) is 33.0 Å². The van der Waals surface area contributed by atoms with Crippen LogP contribution in [-0.4, -0.2) is 31.6 Å². The van der Waals surface area contributed by atoms with Gasteiger partial charge < -0.3 is 29.5 Å². The Balaban J connectivity index is 1.70. The van der Waals surface area contributed by atoms with Crippen LogP contribution in [0.2, 0.25) is 0 Å². The highest BCUT2D eigenvalue weighted by Crippen LogP contribution is 2.15. The third-order valence-corrected chi connectivity index (χ3v) is 3.25. The molecule has 0 radical (unpaired) electrons. The molecule has 134 valence electrons. The Kier molecular flexibility index (Phi) is 6.21. The molecule has 0 saturated heterocycles. The molecule has 3 amide bonds. The number of amides is 3. The van der Waals surface area contributed by atoms with Gasteiger partial charge >= 0.3 is 12.0 Å². The quantitative estimate of drug-likeness (QED) is 0.643. The number of esters is 1. The summed E-state index contributed by atoms with van der Waals surface area (Å²) >= 11 is 0. The molecule has 0 spiro atoms. The zero-order valence-electron chi connectivity index (χ0n) is 13.9. The molecule has 2 aromatic heterocycles. The summed E-state index contributed by atoms with van der Waals surface area (Å²) in [4.78, 5) is 34.8. The molecule has 0 unspecified atom stereocenters. The van der Waals surface area contributed by atoms with Gasteiger partial charge in [-0.05, 0) is 25.1 Å². The van der Waals surface area contributed by atoms with Crippen LogP contribution < -0.4 is 16.0 Å². The maximum atomic E-state index is 11.7. The standard InChI is InChI=1S/C16H19N3O6/c1-10-13(15(21)23-2)6-12(25-10)8-17-14(20)9-19-16(22)18-7-11-4-3-5-24-11/h3-6H,7-9H2,1-2H3,(H,17,20)(H2,18,19,22). The van der Waals surface area contributed by atoms with E-state index in [9.17, 15) is 14.4 Å². The minimum atomic E-state index is -0.506. The van der Waals surface area contributed by atoms with E-state index in [1.807, 2.05) is 0 Å². The van der Waals surface area contributed by atoms with Crippen LogP contribution in [0.3, 0.4) is 0 Å². The molecule has 9 heteroatoms. The fourth-order valence-corrected chi connectivity index (χ4v) is 2.00. The number of aryl methyl sites for hydroxylation is 1. The van der Waals surface area contributed by atoms with Crippen LogP contribution in [-0.2, 0) is 22.6 Å². The smallest absolute Gasteiger partial charge is 0.341 e. The van der Waals surface area contributed by atoms with Crippen molar-refractivity contribution in [2.24, 2.45) is 0 Å². The summed E-state index contributed by atoms with van der Waals surface area (Å²) in [7, 11) is 1.28. The lowest BCUT2D eigenvalue weighted by atomic mass is 10.2. The summed E-state index contributed by atoms with van der Waals surface area (Å²) in [6.45, 7) is 1.74. The summed E-state index contributed by atoms with van der Waals surface area (Å²) in [5, 5.41) is 7.54. The number of rotatable bonds is 7. The fraction of sp³-hybridized carbons (Fsp3) is 0.312. The molecular weight excluding hydrogens is 330 g/mol. The van der Waals surface area contributed by atoms with Gasteiger partial charge in [0.2, 0.25) is 5.91 Å². The zero-order valence-corrected chi connectivity index (χ0v) is 13.9. The third-order valence-electron chi connectivity index (χ3n) is 3.25. The highest BCUT2D eigenvalue weighted by molar-refractivity contribution is 5.90. The van der Waals surface area contributed by atoms with Gasteiger partial charge in [-0.15, -0.1) is 0 Å². The molecule has 25 heavy (non-hydrogen) atoms. The van der Waals surface area contributed by atoms with Crippen LogP contribution in [0.25, 0.3) is 0 Å². The van der Waals surface area contributed by atoms with Crippen LogP contribution in [0.4, 0.5) is 4.79 Å². The molecule has 0 saturated carbocycles.